The van der Waals surface area contributed by atoms with Crippen LogP contribution in [0.1, 0.15) is 25.1 Å². The summed E-state index contributed by atoms with van der Waals surface area (Å²) in [7, 11) is 0. The van der Waals surface area contributed by atoms with Crippen LogP contribution >= 0.6 is 12.4 Å². The van der Waals surface area contributed by atoms with Gasteiger partial charge < -0.3 is 5.32 Å². The van der Waals surface area contributed by atoms with Crippen LogP contribution in [0.4, 0.5) is 5.69 Å². The minimum atomic E-state index is 0. The lowest BCUT2D eigenvalue weighted by molar-refractivity contribution is 0.640. The summed E-state index contributed by atoms with van der Waals surface area (Å²) in [5.41, 5.74) is 3.46. The molecule has 100 valence electrons. The summed E-state index contributed by atoms with van der Waals surface area (Å²) in [6, 6.07) is 0. The average molecular weight is 270 g/mol. The van der Waals surface area contributed by atoms with Crippen molar-refractivity contribution < 1.29 is 0 Å². The van der Waals surface area contributed by atoms with E-state index in [1.807, 2.05) is 21.8 Å². The fraction of sp³-hybridized carbons (Fsp3) is 0.500. The van der Waals surface area contributed by atoms with Gasteiger partial charge in [-0.05, 0) is 20.8 Å². The Morgan fingerprint density at radius 1 is 1.17 bits per heavy atom. The first-order valence-corrected chi connectivity index (χ1v) is 6.02. The van der Waals surface area contributed by atoms with E-state index >= 15 is 0 Å². The molecule has 0 atom stereocenters. The van der Waals surface area contributed by atoms with Gasteiger partial charge in [-0.25, -0.2) is 0 Å². The van der Waals surface area contributed by atoms with Crippen molar-refractivity contribution in [2.24, 2.45) is 0 Å². The molecule has 6 heteroatoms. The number of halogens is 1. The first kappa shape index (κ1) is 14.6. The maximum atomic E-state index is 4.30. The number of aryl methyl sites for hydroxylation is 2. The van der Waals surface area contributed by atoms with E-state index in [0.717, 1.165) is 25.3 Å². The highest BCUT2D eigenvalue weighted by molar-refractivity contribution is 5.85. The first-order valence-electron chi connectivity index (χ1n) is 6.02. The summed E-state index contributed by atoms with van der Waals surface area (Å²) >= 11 is 0. The number of rotatable bonds is 5. The summed E-state index contributed by atoms with van der Waals surface area (Å²) in [4.78, 5) is 0. The van der Waals surface area contributed by atoms with Gasteiger partial charge in [0.25, 0.3) is 0 Å². The van der Waals surface area contributed by atoms with Crippen molar-refractivity contribution in [2.75, 3.05) is 5.32 Å². The summed E-state index contributed by atoms with van der Waals surface area (Å²) in [6.07, 6.45) is 5.84. The Hall–Kier alpha value is -1.49. The van der Waals surface area contributed by atoms with Gasteiger partial charge >= 0.3 is 0 Å². The third-order valence-corrected chi connectivity index (χ3v) is 2.90. The van der Waals surface area contributed by atoms with Crippen molar-refractivity contribution in [1.82, 2.24) is 19.6 Å². The molecule has 1 N–H and O–H groups in total. The SMILES string of the molecule is CCn1cc(CNc2cnn(CC)c2C)cn1.Cl. The van der Waals surface area contributed by atoms with E-state index in [1.54, 1.807) is 0 Å². The smallest absolute Gasteiger partial charge is 0.0758 e. The van der Waals surface area contributed by atoms with Crippen LogP contribution in [0.15, 0.2) is 18.6 Å². The molecular weight excluding hydrogens is 250 g/mol. The molecule has 0 fully saturated rings. The van der Waals surface area contributed by atoms with Crippen LogP contribution in [-0.2, 0) is 19.6 Å². The van der Waals surface area contributed by atoms with Crippen molar-refractivity contribution in [1.29, 1.82) is 0 Å². The standard InChI is InChI=1S/C12H19N5.ClH/c1-4-16-9-11(7-14-16)6-13-12-8-15-17(5-2)10(12)3;/h7-9,13H,4-6H2,1-3H3;1H. The van der Waals surface area contributed by atoms with E-state index in [9.17, 15) is 0 Å². The fourth-order valence-electron chi connectivity index (χ4n) is 1.81. The largest absolute Gasteiger partial charge is 0.378 e. The Morgan fingerprint density at radius 3 is 2.50 bits per heavy atom. The van der Waals surface area contributed by atoms with Crippen molar-refractivity contribution in [2.45, 2.75) is 40.4 Å². The highest BCUT2D eigenvalue weighted by Crippen LogP contribution is 2.14. The molecule has 0 saturated carbocycles. The molecule has 18 heavy (non-hydrogen) atoms. The second-order valence-electron chi connectivity index (χ2n) is 4.02. The number of hydrogen-bond donors (Lipinski definition) is 1. The van der Waals surface area contributed by atoms with E-state index in [2.05, 4.69) is 42.5 Å². The van der Waals surface area contributed by atoms with Crippen LogP contribution < -0.4 is 5.32 Å². The molecule has 2 aromatic rings. The zero-order chi connectivity index (χ0) is 12.3. The van der Waals surface area contributed by atoms with E-state index in [1.165, 1.54) is 11.3 Å². The summed E-state index contributed by atoms with van der Waals surface area (Å²) in [5.74, 6) is 0. The van der Waals surface area contributed by atoms with Crippen LogP contribution in [0.2, 0.25) is 0 Å². The van der Waals surface area contributed by atoms with Crippen LogP contribution in [0.5, 0.6) is 0 Å². The van der Waals surface area contributed by atoms with Crippen molar-refractivity contribution in [3.05, 3.63) is 29.8 Å². The first-order chi connectivity index (χ1) is 8.24. The number of anilines is 1. The second kappa shape index (κ2) is 6.44. The Kier molecular flexibility index (Phi) is 5.22. The highest BCUT2D eigenvalue weighted by Gasteiger charge is 2.04. The molecule has 0 aromatic carbocycles. The molecule has 0 spiro atoms. The third-order valence-electron chi connectivity index (χ3n) is 2.90. The average Bonchev–Trinajstić information content (AvgIpc) is 2.93. The molecule has 0 aliphatic carbocycles. The van der Waals surface area contributed by atoms with Crippen molar-refractivity contribution in [3.8, 4) is 0 Å². The van der Waals surface area contributed by atoms with Crippen LogP contribution in [0.3, 0.4) is 0 Å². The predicted octanol–water partition coefficient (Wildman–Crippen LogP) is 2.46. The monoisotopic (exact) mass is 269 g/mol. The summed E-state index contributed by atoms with van der Waals surface area (Å²) < 4.78 is 3.91. The quantitative estimate of drug-likeness (QED) is 0.907. The van der Waals surface area contributed by atoms with Crippen molar-refractivity contribution in [3.63, 3.8) is 0 Å². The van der Waals surface area contributed by atoms with E-state index < -0.39 is 0 Å². The van der Waals surface area contributed by atoms with Gasteiger partial charge in [0.1, 0.15) is 0 Å². The number of hydrogen-bond acceptors (Lipinski definition) is 3. The lowest BCUT2D eigenvalue weighted by Gasteiger charge is -2.04. The molecule has 0 aliphatic heterocycles. The minimum Gasteiger partial charge on any atom is -0.378 e. The highest BCUT2D eigenvalue weighted by atomic mass is 35.5. The molecule has 0 amide bonds. The molecule has 0 aliphatic rings. The lowest BCUT2D eigenvalue weighted by atomic mass is 10.3. The Morgan fingerprint density at radius 2 is 1.94 bits per heavy atom. The van der Waals surface area contributed by atoms with Gasteiger partial charge in [0.2, 0.25) is 0 Å². The third kappa shape index (κ3) is 3.04. The Bertz CT molecular complexity index is 488. The number of nitrogens with one attached hydrogen (secondary N) is 1. The molecule has 0 radical (unpaired) electrons. The van der Waals surface area contributed by atoms with Gasteiger partial charge in [-0.1, -0.05) is 0 Å². The van der Waals surface area contributed by atoms with Gasteiger partial charge in [0, 0.05) is 31.4 Å². The molecule has 2 heterocycles. The topological polar surface area (TPSA) is 47.7 Å². The molecule has 2 aromatic heterocycles. The Labute approximate surface area is 114 Å². The van der Waals surface area contributed by atoms with E-state index in [-0.39, 0.29) is 12.4 Å². The van der Waals surface area contributed by atoms with Gasteiger partial charge in [-0.3, -0.25) is 9.36 Å². The molecule has 0 saturated heterocycles. The van der Waals surface area contributed by atoms with Gasteiger partial charge in [-0.2, -0.15) is 10.2 Å². The summed E-state index contributed by atoms with van der Waals surface area (Å²) in [5, 5.41) is 11.9. The van der Waals surface area contributed by atoms with E-state index in [0.29, 0.717) is 0 Å². The van der Waals surface area contributed by atoms with Gasteiger partial charge in [0.15, 0.2) is 0 Å². The minimum absolute atomic E-state index is 0. The van der Waals surface area contributed by atoms with Crippen LogP contribution in [0, 0.1) is 6.92 Å². The number of nitrogens with zero attached hydrogens (tertiary/aromatic N) is 4. The molecule has 0 unspecified atom stereocenters. The molecule has 2 rings (SSSR count). The second-order valence-corrected chi connectivity index (χ2v) is 4.02. The zero-order valence-corrected chi connectivity index (χ0v) is 11.9. The lowest BCUT2D eigenvalue weighted by Crippen LogP contribution is -2.02. The number of aromatic nitrogens is 4. The van der Waals surface area contributed by atoms with E-state index in [4.69, 9.17) is 0 Å². The normalized spacial score (nSPS) is 10.2. The van der Waals surface area contributed by atoms with Crippen LogP contribution in [0.25, 0.3) is 0 Å². The Balaban J connectivity index is 0.00000162. The van der Waals surface area contributed by atoms with Gasteiger partial charge in [0.05, 0.1) is 23.8 Å². The van der Waals surface area contributed by atoms with Gasteiger partial charge in [-0.15, -0.1) is 12.4 Å². The molecular formula is C12H20ClN5. The zero-order valence-electron chi connectivity index (χ0n) is 11.1. The van der Waals surface area contributed by atoms with Crippen molar-refractivity contribution >= 4 is 18.1 Å². The molecule has 0 bridgehead atoms. The molecule has 5 nitrogen and oxygen atoms in total. The predicted molar refractivity (Wildman–Crippen MR) is 75.1 cm³/mol. The maximum Gasteiger partial charge on any atom is 0.0758 e. The summed E-state index contributed by atoms with van der Waals surface area (Å²) in [6.45, 7) is 8.85. The fourth-order valence-corrected chi connectivity index (χ4v) is 1.81. The maximum absolute atomic E-state index is 4.30. The van der Waals surface area contributed by atoms with Crippen LogP contribution in [-0.4, -0.2) is 19.6 Å².